The van der Waals surface area contributed by atoms with Crippen molar-refractivity contribution >= 4 is 22.6 Å². The molecule has 0 bridgehead atoms. The number of piperazine rings is 1. The molecule has 0 atom stereocenters. The van der Waals surface area contributed by atoms with E-state index >= 15 is 0 Å². The topological polar surface area (TPSA) is 78.0 Å². The molecule has 0 aliphatic carbocycles. The van der Waals surface area contributed by atoms with E-state index in [-0.39, 0.29) is 11.5 Å². The number of carbonyl (C=O) groups excluding carboxylic acids is 1. The van der Waals surface area contributed by atoms with Gasteiger partial charge in [0.1, 0.15) is 17.4 Å². The van der Waals surface area contributed by atoms with Crippen LogP contribution in [0.2, 0.25) is 0 Å². The number of hydrogen-bond donors (Lipinski definition) is 0. The number of nitrogens with zero attached hydrogens (tertiary/aromatic N) is 6. The van der Waals surface area contributed by atoms with Crippen LogP contribution in [0.15, 0.2) is 54.7 Å². The van der Waals surface area contributed by atoms with Gasteiger partial charge in [-0.3, -0.25) is 4.79 Å². The Morgan fingerprint density at radius 3 is 2.54 bits per heavy atom. The molecule has 2 aromatic carbocycles. The quantitative estimate of drug-likeness (QED) is 0.451. The van der Waals surface area contributed by atoms with Crippen molar-refractivity contribution in [3.63, 3.8) is 0 Å². The fourth-order valence-electron chi connectivity index (χ4n) is 4.54. The first-order valence-corrected chi connectivity index (χ1v) is 11.6. The molecule has 1 aliphatic heterocycles. The normalized spacial score (nSPS) is 13.8. The second-order valence-corrected chi connectivity index (χ2v) is 8.86. The van der Waals surface area contributed by atoms with E-state index < -0.39 is 5.82 Å². The number of nitriles is 1. The van der Waals surface area contributed by atoms with E-state index in [4.69, 9.17) is 0 Å². The Bertz CT molecular complexity index is 1450. The first-order valence-electron chi connectivity index (χ1n) is 11.6. The number of anilines is 1. The number of pyridine rings is 1. The number of fused-ring (bicyclic) bond motifs is 1. The van der Waals surface area contributed by atoms with E-state index in [1.54, 1.807) is 23.2 Å². The third kappa shape index (κ3) is 4.33. The van der Waals surface area contributed by atoms with Crippen molar-refractivity contribution in [2.75, 3.05) is 31.1 Å². The SMILES string of the molecule is Cc1ccc(Cn2ncc3c(C(=O)N4CCN(c5cccc(F)c5C#N)CC4)cc(C)nc32)cc1. The maximum absolute atomic E-state index is 14.0. The van der Waals surface area contributed by atoms with Crippen LogP contribution in [0.25, 0.3) is 11.0 Å². The molecule has 1 aliphatic rings. The number of rotatable bonds is 4. The van der Waals surface area contributed by atoms with E-state index in [1.807, 2.05) is 28.6 Å². The minimum atomic E-state index is -0.527. The molecule has 4 aromatic rings. The largest absolute Gasteiger partial charge is 0.367 e. The Morgan fingerprint density at radius 2 is 1.83 bits per heavy atom. The van der Waals surface area contributed by atoms with Gasteiger partial charge in [-0.25, -0.2) is 14.1 Å². The van der Waals surface area contributed by atoms with Gasteiger partial charge in [0.15, 0.2) is 5.65 Å². The van der Waals surface area contributed by atoms with Gasteiger partial charge >= 0.3 is 0 Å². The number of carbonyl (C=O) groups is 1. The molecule has 2 aromatic heterocycles. The molecule has 0 N–H and O–H groups in total. The summed E-state index contributed by atoms with van der Waals surface area (Å²) in [5.41, 5.74) is 4.94. The summed E-state index contributed by atoms with van der Waals surface area (Å²) >= 11 is 0. The van der Waals surface area contributed by atoms with Crippen molar-refractivity contribution < 1.29 is 9.18 Å². The lowest BCUT2D eigenvalue weighted by molar-refractivity contribution is 0.0748. The van der Waals surface area contributed by atoms with Crippen LogP contribution in [-0.2, 0) is 6.54 Å². The maximum atomic E-state index is 14.0. The molecule has 8 heteroatoms. The summed E-state index contributed by atoms with van der Waals surface area (Å²) in [5, 5.41) is 14.6. The predicted octanol–water partition coefficient (Wildman–Crippen LogP) is 4.07. The van der Waals surface area contributed by atoms with Crippen molar-refractivity contribution in [3.05, 3.63) is 88.5 Å². The number of benzene rings is 2. The summed E-state index contributed by atoms with van der Waals surface area (Å²) in [6.07, 6.45) is 1.71. The molecule has 1 fully saturated rings. The molecule has 0 radical (unpaired) electrons. The number of halogens is 1. The predicted molar refractivity (Wildman–Crippen MR) is 132 cm³/mol. The van der Waals surface area contributed by atoms with Gasteiger partial charge in [-0.05, 0) is 37.6 Å². The van der Waals surface area contributed by atoms with Crippen molar-refractivity contribution in [1.29, 1.82) is 5.26 Å². The maximum Gasteiger partial charge on any atom is 0.254 e. The monoisotopic (exact) mass is 468 g/mol. The summed E-state index contributed by atoms with van der Waals surface area (Å²) in [7, 11) is 0. The van der Waals surface area contributed by atoms with Gasteiger partial charge in [0.05, 0.1) is 29.4 Å². The van der Waals surface area contributed by atoms with Crippen LogP contribution in [-0.4, -0.2) is 51.8 Å². The molecule has 3 heterocycles. The summed E-state index contributed by atoms with van der Waals surface area (Å²) in [5.74, 6) is -0.601. The minimum Gasteiger partial charge on any atom is -0.367 e. The third-order valence-electron chi connectivity index (χ3n) is 6.43. The Kier molecular flexibility index (Phi) is 5.91. The highest BCUT2D eigenvalue weighted by molar-refractivity contribution is 6.05. The first kappa shape index (κ1) is 22.5. The fraction of sp³-hybridized carbons (Fsp3) is 0.259. The Morgan fingerprint density at radius 1 is 1.09 bits per heavy atom. The lowest BCUT2D eigenvalue weighted by Crippen LogP contribution is -2.49. The molecule has 176 valence electrons. The Labute approximate surface area is 203 Å². The zero-order valence-corrected chi connectivity index (χ0v) is 19.7. The van der Waals surface area contributed by atoms with Gasteiger partial charge in [-0.1, -0.05) is 35.9 Å². The van der Waals surface area contributed by atoms with Gasteiger partial charge in [0.25, 0.3) is 5.91 Å². The van der Waals surface area contributed by atoms with Gasteiger partial charge in [-0.15, -0.1) is 0 Å². The van der Waals surface area contributed by atoms with Crippen LogP contribution in [0, 0.1) is 31.0 Å². The standard InChI is InChI=1S/C27H25FN6O/c1-18-6-8-20(9-7-18)17-34-26-23(16-30-34)21(14-19(2)31-26)27(35)33-12-10-32(11-13-33)25-5-3-4-24(28)22(25)15-29/h3-9,14,16H,10-13,17H2,1-2H3. The molecule has 0 saturated carbocycles. The smallest absolute Gasteiger partial charge is 0.254 e. The van der Waals surface area contributed by atoms with Crippen LogP contribution < -0.4 is 4.90 Å². The average molecular weight is 469 g/mol. The van der Waals surface area contributed by atoms with Crippen molar-refractivity contribution in [2.45, 2.75) is 20.4 Å². The van der Waals surface area contributed by atoms with Crippen molar-refractivity contribution in [3.8, 4) is 6.07 Å². The zero-order chi connectivity index (χ0) is 24.5. The zero-order valence-electron chi connectivity index (χ0n) is 19.7. The lowest BCUT2D eigenvalue weighted by atomic mass is 10.1. The summed E-state index contributed by atoms with van der Waals surface area (Å²) in [6.45, 7) is 6.48. The first-order chi connectivity index (χ1) is 16.9. The summed E-state index contributed by atoms with van der Waals surface area (Å²) in [4.78, 5) is 21.9. The Balaban J connectivity index is 1.37. The van der Waals surface area contributed by atoms with E-state index in [0.29, 0.717) is 49.6 Å². The average Bonchev–Trinajstić information content (AvgIpc) is 3.26. The third-order valence-corrected chi connectivity index (χ3v) is 6.43. The number of aromatic nitrogens is 3. The Hall–Kier alpha value is -4.25. The van der Waals surface area contributed by atoms with Crippen LogP contribution in [0.5, 0.6) is 0 Å². The van der Waals surface area contributed by atoms with Gasteiger partial charge in [-0.2, -0.15) is 10.4 Å². The molecule has 0 unspecified atom stereocenters. The molecule has 1 saturated heterocycles. The second kappa shape index (κ2) is 9.18. The fourth-order valence-corrected chi connectivity index (χ4v) is 4.54. The highest BCUT2D eigenvalue weighted by atomic mass is 19.1. The second-order valence-electron chi connectivity index (χ2n) is 8.86. The minimum absolute atomic E-state index is 0.0414. The van der Waals surface area contributed by atoms with Crippen LogP contribution in [0.4, 0.5) is 10.1 Å². The van der Waals surface area contributed by atoms with Gasteiger partial charge in [0.2, 0.25) is 0 Å². The summed E-state index contributed by atoms with van der Waals surface area (Å²) in [6, 6.07) is 16.7. The highest BCUT2D eigenvalue weighted by Gasteiger charge is 2.26. The molecule has 7 nitrogen and oxygen atoms in total. The lowest BCUT2D eigenvalue weighted by Gasteiger charge is -2.36. The van der Waals surface area contributed by atoms with E-state index in [1.165, 1.54) is 11.6 Å². The van der Waals surface area contributed by atoms with Crippen LogP contribution >= 0.6 is 0 Å². The van der Waals surface area contributed by atoms with E-state index in [9.17, 15) is 14.4 Å². The molecular weight excluding hydrogens is 443 g/mol. The number of hydrogen-bond acceptors (Lipinski definition) is 5. The van der Waals surface area contributed by atoms with Crippen LogP contribution in [0.3, 0.4) is 0 Å². The molecule has 0 spiro atoms. The summed E-state index contributed by atoms with van der Waals surface area (Å²) < 4.78 is 15.9. The van der Waals surface area contributed by atoms with Crippen LogP contribution in [0.1, 0.15) is 32.7 Å². The van der Waals surface area contributed by atoms with Gasteiger partial charge < -0.3 is 9.80 Å². The number of amides is 1. The van der Waals surface area contributed by atoms with Gasteiger partial charge in [0, 0.05) is 31.9 Å². The highest BCUT2D eigenvalue weighted by Crippen LogP contribution is 2.25. The van der Waals surface area contributed by atoms with Crippen molar-refractivity contribution in [1.82, 2.24) is 19.7 Å². The molecule has 5 rings (SSSR count). The van der Waals surface area contributed by atoms with Crippen molar-refractivity contribution in [2.24, 2.45) is 0 Å². The number of aryl methyl sites for hydroxylation is 2. The van der Waals surface area contributed by atoms with E-state index in [0.717, 1.165) is 16.6 Å². The van der Waals surface area contributed by atoms with E-state index in [2.05, 4.69) is 41.3 Å². The molecular formula is C27H25FN6O. The molecule has 35 heavy (non-hydrogen) atoms. The molecule has 1 amide bonds.